The Hall–Kier alpha value is -7.56. The van der Waals surface area contributed by atoms with Gasteiger partial charge < -0.3 is 18.6 Å². The zero-order chi connectivity index (χ0) is 47.9. The van der Waals surface area contributed by atoms with E-state index >= 15 is 0 Å². The Bertz CT molecular complexity index is 3940. The summed E-state index contributed by atoms with van der Waals surface area (Å²) in [5.74, 6) is 1.27. The van der Waals surface area contributed by atoms with Crippen LogP contribution in [0, 0.1) is 0 Å². The van der Waals surface area contributed by atoms with Crippen LogP contribution < -0.4 is 9.80 Å². The zero-order valence-corrected chi connectivity index (χ0v) is 41.6. The highest BCUT2D eigenvalue weighted by atomic mass is 16.3. The molecule has 0 atom stereocenters. The van der Waals surface area contributed by atoms with Crippen LogP contribution in [-0.4, -0.2) is 0 Å². The van der Waals surface area contributed by atoms with Crippen molar-refractivity contribution in [2.24, 2.45) is 0 Å². The molecule has 0 bridgehead atoms. The lowest BCUT2D eigenvalue weighted by molar-refractivity contribution is 0.443. The van der Waals surface area contributed by atoms with E-state index in [-0.39, 0.29) is 0 Å². The molecule has 2 aromatic heterocycles. The fraction of sp³-hybridized carbons (Fsp3) is 0.224. The summed E-state index contributed by atoms with van der Waals surface area (Å²) < 4.78 is 14.2. The number of benzene rings is 10. The number of para-hydroxylation sites is 4. The predicted octanol–water partition coefficient (Wildman–Crippen LogP) is 20.6. The van der Waals surface area contributed by atoms with Crippen LogP contribution >= 0.6 is 0 Å². The molecule has 1 fully saturated rings. The highest BCUT2D eigenvalue weighted by Gasteiger charge is 2.27. The lowest BCUT2D eigenvalue weighted by atomic mass is 9.84. The van der Waals surface area contributed by atoms with Crippen LogP contribution in [0.4, 0.5) is 34.1 Å². The van der Waals surface area contributed by atoms with Crippen molar-refractivity contribution in [2.75, 3.05) is 9.80 Å². The SMILES string of the molecule is CCCc1ccc(N(c2ccc3ccc4c(N(c5ccc(C6CCCCC6)cc5)c5cccc6c5oc5c(C(C)C)cccc56)ccc5ccc2c3c54)c2cccc3c2oc2c(C(C)C)cccc23)cc1. The maximum Gasteiger partial charge on any atom is 0.159 e. The van der Waals surface area contributed by atoms with Gasteiger partial charge in [-0.15, -0.1) is 0 Å². The molecule has 4 nitrogen and oxygen atoms in total. The smallest absolute Gasteiger partial charge is 0.159 e. The lowest BCUT2D eigenvalue weighted by Crippen LogP contribution is -2.12. The van der Waals surface area contributed by atoms with Crippen LogP contribution in [0.5, 0.6) is 0 Å². The van der Waals surface area contributed by atoms with Gasteiger partial charge in [0.1, 0.15) is 11.2 Å². The summed E-state index contributed by atoms with van der Waals surface area (Å²) in [7, 11) is 0. The van der Waals surface area contributed by atoms with E-state index in [0.717, 1.165) is 90.8 Å². The van der Waals surface area contributed by atoms with Crippen LogP contribution in [0.25, 0.3) is 76.2 Å². The average molecular weight is 925 g/mol. The van der Waals surface area contributed by atoms with Gasteiger partial charge in [-0.3, -0.25) is 0 Å². The fourth-order valence-electron chi connectivity index (χ4n) is 12.3. The summed E-state index contributed by atoms with van der Waals surface area (Å²) >= 11 is 0. The first-order valence-corrected chi connectivity index (χ1v) is 26.2. The molecule has 0 N–H and O–H groups in total. The van der Waals surface area contributed by atoms with Crippen molar-refractivity contribution < 1.29 is 8.83 Å². The van der Waals surface area contributed by atoms with Crippen LogP contribution in [0.15, 0.2) is 179 Å². The fourth-order valence-corrected chi connectivity index (χ4v) is 12.3. The summed E-state index contributed by atoms with van der Waals surface area (Å²) in [5, 5.41) is 11.9. The molecule has 13 rings (SSSR count). The van der Waals surface area contributed by atoms with Gasteiger partial charge in [-0.25, -0.2) is 0 Å². The first-order valence-electron chi connectivity index (χ1n) is 26.2. The molecule has 1 saturated carbocycles. The summed E-state index contributed by atoms with van der Waals surface area (Å²) in [6.07, 6.45) is 8.66. The van der Waals surface area contributed by atoms with E-state index in [1.807, 2.05) is 0 Å². The van der Waals surface area contributed by atoms with Crippen LogP contribution in [-0.2, 0) is 6.42 Å². The molecule has 10 aromatic carbocycles. The predicted molar refractivity (Wildman–Crippen MR) is 302 cm³/mol. The third kappa shape index (κ3) is 7.08. The van der Waals surface area contributed by atoms with Crippen LogP contribution in [0.3, 0.4) is 0 Å². The Labute approximate surface area is 416 Å². The Balaban J connectivity index is 1.05. The second kappa shape index (κ2) is 17.4. The molecule has 1 aliphatic rings. The van der Waals surface area contributed by atoms with E-state index in [1.165, 1.54) is 86.7 Å². The minimum absolute atomic E-state index is 0.327. The van der Waals surface area contributed by atoms with Crippen molar-refractivity contribution in [3.05, 3.63) is 192 Å². The van der Waals surface area contributed by atoms with Gasteiger partial charge in [-0.2, -0.15) is 0 Å². The number of rotatable bonds is 11. The van der Waals surface area contributed by atoms with Gasteiger partial charge in [0.05, 0.1) is 22.7 Å². The molecule has 0 amide bonds. The Kier molecular flexibility index (Phi) is 10.6. The van der Waals surface area contributed by atoms with E-state index in [9.17, 15) is 0 Å². The summed E-state index contributed by atoms with van der Waals surface area (Å²) in [6, 6.07) is 63.8. The highest BCUT2D eigenvalue weighted by Crippen LogP contribution is 2.51. The molecule has 2 heterocycles. The van der Waals surface area contributed by atoms with E-state index in [1.54, 1.807) is 0 Å². The van der Waals surface area contributed by atoms with Gasteiger partial charge in [-0.05, 0) is 129 Å². The molecule has 0 saturated heterocycles. The number of aryl methyl sites for hydroxylation is 1. The lowest BCUT2D eigenvalue weighted by Gasteiger charge is -2.30. The van der Waals surface area contributed by atoms with Gasteiger partial charge >= 0.3 is 0 Å². The summed E-state index contributed by atoms with van der Waals surface area (Å²) in [5.41, 5.74) is 15.5. The maximum atomic E-state index is 7.10. The van der Waals surface area contributed by atoms with E-state index < -0.39 is 0 Å². The number of hydrogen-bond acceptors (Lipinski definition) is 4. The third-order valence-electron chi connectivity index (χ3n) is 15.9. The van der Waals surface area contributed by atoms with Crippen molar-refractivity contribution in [3.63, 3.8) is 0 Å². The van der Waals surface area contributed by atoms with Crippen molar-refractivity contribution in [1.29, 1.82) is 0 Å². The van der Waals surface area contributed by atoms with Crippen molar-refractivity contribution in [2.45, 2.75) is 97.3 Å². The monoisotopic (exact) mass is 924 g/mol. The molecule has 0 spiro atoms. The number of nitrogens with zero attached hydrogens (tertiary/aromatic N) is 2. The van der Waals surface area contributed by atoms with E-state index in [4.69, 9.17) is 8.83 Å². The first-order chi connectivity index (χ1) is 34.8. The van der Waals surface area contributed by atoms with Crippen LogP contribution in [0.1, 0.15) is 113 Å². The number of hydrogen-bond donors (Lipinski definition) is 0. The number of anilines is 6. The molecule has 0 unspecified atom stereocenters. The summed E-state index contributed by atoms with van der Waals surface area (Å²) in [6.45, 7) is 11.3. The Morgan fingerprint density at radius 1 is 0.423 bits per heavy atom. The minimum atomic E-state index is 0.327. The first kappa shape index (κ1) is 43.5. The molecule has 0 aliphatic heterocycles. The van der Waals surface area contributed by atoms with Gasteiger partial charge in [0.25, 0.3) is 0 Å². The minimum Gasteiger partial charge on any atom is -0.454 e. The highest BCUT2D eigenvalue weighted by molar-refractivity contribution is 6.29. The molecule has 350 valence electrons. The molecule has 71 heavy (non-hydrogen) atoms. The quantitative estimate of drug-likeness (QED) is 0.121. The summed E-state index contributed by atoms with van der Waals surface area (Å²) in [4.78, 5) is 4.91. The van der Waals surface area contributed by atoms with Crippen molar-refractivity contribution >= 4 is 110 Å². The molecule has 1 aliphatic carbocycles. The largest absolute Gasteiger partial charge is 0.454 e. The molecule has 4 heteroatoms. The van der Waals surface area contributed by atoms with Crippen molar-refractivity contribution in [3.8, 4) is 0 Å². The Morgan fingerprint density at radius 2 is 0.859 bits per heavy atom. The van der Waals surface area contributed by atoms with E-state index in [0.29, 0.717) is 17.8 Å². The number of fused-ring (bicyclic) bond motifs is 6. The molecule has 12 aromatic rings. The molecular weight excluding hydrogens is 865 g/mol. The van der Waals surface area contributed by atoms with Crippen molar-refractivity contribution in [1.82, 2.24) is 0 Å². The van der Waals surface area contributed by atoms with Gasteiger partial charge in [0.15, 0.2) is 11.2 Å². The number of furan rings is 2. The maximum absolute atomic E-state index is 7.10. The molecular formula is C67H60N2O2. The van der Waals surface area contributed by atoms with Gasteiger partial charge in [0, 0.05) is 43.7 Å². The normalized spacial score (nSPS) is 13.7. The second-order valence-corrected chi connectivity index (χ2v) is 20.9. The third-order valence-corrected chi connectivity index (χ3v) is 15.9. The molecule has 0 radical (unpaired) electrons. The Morgan fingerprint density at radius 3 is 1.32 bits per heavy atom. The van der Waals surface area contributed by atoms with E-state index in [2.05, 4.69) is 214 Å². The zero-order valence-electron chi connectivity index (χ0n) is 41.6. The topological polar surface area (TPSA) is 32.8 Å². The standard InChI is InChI=1S/C67H60N2O2/c1-6-14-43-25-33-48(34-26-43)68(60-23-12-21-54-52-19-10-17-50(41(2)3)64(52)70-66(54)60)58-39-31-46-30-38-57-59(40-32-47-29-37-56(58)62(46)63(47)57)69(49-35-27-45(28-36-49)44-15-8-7-9-16-44)61-24-13-22-55-53-20-11-18-51(42(4)5)65(53)71-67(55)61/h10-13,17-42,44H,6-9,14-16H2,1-5H3. The van der Waals surface area contributed by atoms with Gasteiger partial charge in [-0.1, -0.05) is 182 Å². The van der Waals surface area contributed by atoms with Crippen LogP contribution in [0.2, 0.25) is 0 Å². The second-order valence-electron chi connectivity index (χ2n) is 20.9. The van der Waals surface area contributed by atoms with Gasteiger partial charge in [0.2, 0.25) is 0 Å². The average Bonchev–Trinajstić information content (AvgIpc) is 3.99.